The molecule has 0 saturated heterocycles. The highest BCUT2D eigenvalue weighted by Gasteiger charge is 2.34. The molecular formula is C21H21F2N3O3. The number of hydrogen-bond acceptors (Lipinski definition) is 4. The van der Waals surface area contributed by atoms with Crippen molar-refractivity contribution in [3.05, 3.63) is 54.4 Å². The number of rotatable bonds is 5. The van der Waals surface area contributed by atoms with E-state index in [2.05, 4.69) is 10.3 Å². The van der Waals surface area contributed by atoms with E-state index in [1.165, 1.54) is 0 Å². The maximum atomic E-state index is 13.6. The van der Waals surface area contributed by atoms with Crippen LogP contribution in [0.4, 0.5) is 8.78 Å². The Kier molecular flexibility index (Phi) is 5.08. The SMILES string of the molecule is C[C@H](CNC(=O)[C@H]1Oc2ccccc2O[C@H]1C)c1nc2ccccc2n1C(F)F. The summed E-state index contributed by atoms with van der Waals surface area (Å²) in [6, 6.07) is 13.9. The van der Waals surface area contributed by atoms with Crippen molar-refractivity contribution in [1.82, 2.24) is 14.9 Å². The zero-order chi connectivity index (χ0) is 20.5. The quantitative estimate of drug-likeness (QED) is 0.705. The van der Waals surface area contributed by atoms with Gasteiger partial charge in [-0.1, -0.05) is 31.2 Å². The van der Waals surface area contributed by atoms with Crippen LogP contribution in [0.3, 0.4) is 0 Å². The molecule has 0 unspecified atom stereocenters. The number of carbonyl (C=O) groups is 1. The van der Waals surface area contributed by atoms with Crippen LogP contribution < -0.4 is 14.8 Å². The monoisotopic (exact) mass is 401 g/mol. The highest BCUT2D eigenvalue weighted by atomic mass is 19.3. The molecule has 2 aromatic carbocycles. The minimum Gasteiger partial charge on any atom is -0.482 e. The number of imidazole rings is 1. The Labute approximate surface area is 166 Å². The number of amides is 1. The second kappa shape index (κ2) is 7.69. The van der Waals surface area contributed by atoms with Gasteiger partial charge in [-0.15, -0.1) is 0 Å². The molecule has 1 amide bonds. The number of aromatic nitrogens is 2. The Balaban J connectivity index is 1.47. The number of para-hydroxylation sites is 4. The highest BCUT2D eigenvalue weighted by Crippen LogP contribution is 2.33. The summed E-state index contributed by atoms with van der Waals surface area (Å²) in [6.07, 6.45) is -1.31. The first-order valence-corrected chi connectivity index (χ1v) is 9.40. The molecule has 29 heavy (non-hydrogen) atoms. The summed E-state index contributed by atoms with van der Waals surface area (Å²) < 4.78 is 39.7. The van der Waals surface area contributed by atoms with Crippen molar-refractivity contribution in [2.75, 3.05) is 6.54 Å². The van der Waals surface area contributed by atoms with Gasteiger partial charge in [0.15, 0.2) is 11.5 Å². The summed E-state index contributed by atoms with van der Waals surface area (Å²) in [5, 5.41) is 2.78. The van der Waals surface area contributed by atoms with E-state index in [-0.39, 0.29) is 18.3 Å². The summed E-state index contributed by atoms with van der Waals surface area (Å²) >= 11 is 0. The standard InChI is InChI=1S/C21H21F2N3O3/c1-12(19-25-14-7-3-4-8-15(14)26(19)21(22)23)11-24-20(27)18-13(2)28-16-9-5-6-10-17(16)29-18/h3-10,12-13,18,21H,11H2,1-2H3,(H,24,27)/t12-,13+,18+/m1/s1. The molecule has 0 fully saturated rings. The smallest absolute Gasteiger partial charge is 0.320 e. The van der Waals surface area contributed by atoms with Crippen LogP contribution in [-0.2, 0) is 4.79 Å². The molecule has 0 saturated carbocycles. The summed E-state index contributed by atoms with van der Waals surface area (Å²) in [6.45, 7) is 0.919. The number of ether oxygens (including phenoxy) is 2. The molecule has 0 bridgehead atoms. The van der Waals surface area contributed by atoms with Gasteiger partial charge in [-0.2, -0.15) is 8.78 Å². The first-order valence-electron chi connectivity index (χ1n) is 9.40. The molecule has 0 radical (unpaired) electrons. The van der Waals surface area contributed by atoms with Gasteiger partial charge in [0, 0.05) is 12.5 Å². The Hall–Kier alpha value is -3.16. The van der Waals surface area contributed by atoms with Crippen LogP contribution in [0.5, 0.6) is 11.5 Å². The van der Waals surface area contributed by atoms with Gasteiger partial charge < -0.3 is 14.8 Å². The van der Waals surface area contributed by atoms with E-state index < -0.39 is 24.7 Å². The van der Waals surface area contributed by atoms with E-state index in [0.717, 1.165) is 4.57 Å². The molecule has 3 aromatic rings. The van der Waals surface area contributed by atoms with Crippen molar-refractivity contribution in [1.29, 1.82) is 0 Å². The molecule has 8 heteroatoms. The number of benzene rings is 2. The number of hydrogen-bond donors (Lipinski definition) is 1. The fourth-order valence-corrected chi connectivity index (χ4v) is 3.47. The first-order chi connectivity index (χ1) is 14.0. The van der Waals surface area contributed by atoms with Crippen LogP contribution in [0.1, 0.15) is 32.1 Å². The van der Waals surface area contributed by atoms with E-state index >= 15 is 0 Å². The lowest BCUT2D eigenvalue weighted by Gasteiger charge is -2.31. The van der Waals surface area contributed by atoms with E-state index in [1.807, 2.05) is 6.07 Å². The van der Waals surface area contributed by atoms with Crippen LogP contribution in [0, 0.1) is 0 Å². The summed E-state index contributed by atoms with van der Waals surface area (Å²) in [7, 11) is 0. The second-order valence-corrected chi connectivity index (χ2v) is 7.06. The number of carbonyl (C=O) groups excluding carboxylic acids is 1. The van der Waals surface area contributed by atoms with E-state index in [1.54, 1.807) is 56.3 Å². The van der Waals surface area contributed by atoms with Crippen molar-refractivity contribution >= 4 is 16.9 Å². The molecular weight excluding hydrogens is 380 g/mol. The van der Waals surface area contributed by atoms with Crippen LogP contribution in [-0.4, -0.2) is 34.2 Å². The number of nitrogens with zero attached hydrogens (tertiary/aromatic N) is 2. The molecule has 1 aromatic heterocycles. The number of halogens is 2. The molecule has 1 aliphatic rings. The summed E-state index contributed by atoms with van der Waals surface area (Å²) in [4.78, 5) is 17.0. The van der Waals surface area contributed by atoms with Gasteiger partial charge in [0.25, 0.3) is 5.91 Å². The number of nitrogens with one attached hydrogen (secondary N) is 1. The van der Waals surface area contributed by atoms with Crippen LogP contribution in [0.15, 0.2) is 48.5 Å². The van der Waals surface area contributed by atoms with Gasteiger partial charge in [-0.05, 0) is 31.2 Å². The van der Waals surface area contributed by atoms with Gasteiger partial charge in [0.1, 0.15) is 11.9 Å². The molecule has 6 nitrogen and oxygen atoms in total. The Morgan fingerprint density at radius 2 is 1.79 bits per heavy atom. The lowest BCUT2D eigenvalue weighted by atomic mass is 10.1. The van der Waals surface area contributed by atoms with Gasteiger partial charge >= 0.3 is 6.55 Å². The van der Waals surface area contributed by atoms with E-state index in [0.29, 0.717) is 22.5 Å². The molecule has 1 N–H and O–H groups in total. The van der Waals surface area contributed by atoms with Gasteiger partial charge in [0.05, 0.1) is 11.0 Å². The third-order valence-electron chi connectivity index (χ3n) is 4.94. The molecule has 0 spiro atoms. The van der Waals surface area contributed by atoms with E-state index in [4.69, 9.17) is 9.47 Å². The zero-order valence-corrected chi connectivity index (χ0v) is 16.0. The predicted octanol–water partition coefficient (Wildman–Crippen LogP) is 3.88. The topological polar surface area (TPSA) is 65.4 Å². The third-order valence-corrected chi connectivity index (χ3v) is 4.94. The fourth-order valence-electron chi connectivity index (χ4n) is 3.47. The Morgan fingerprint density at radius 3 is 2.52 bits per heavy atom. The average Bonchev–Trinajstić information content (AvgIpc) is 3.11. The largest absolute Gasteiger partial charge is 0.482 e. The molecule has 1 aliphatic heterocycles. The van der Waals surface area contributed by atoms with Gasteiger partial charge in [-0.3, -0.25) is 9.36 Å². The van der Waals surface area contributed by atoms with E-state index in [9.17, 15) is 13.6 Å². The number of fused-ring (bicyclic) bond motifs is 2. The Morgan fingerprint density at radius 1 is 1.14 bits per heavy atom. The fraction of sp³-hybridized carbons (Fsp3) is 0.333. The van der Waals surface area contributed by atoms with Crippen molar-refractivity contribution in [3.8, 4) is 11.5 Å². The van der Waals surface area contributed by atoms with Crippen LogP contribution in [0.25, 0.3) is 11.0 Å². The first kappa shape index (κ1) is 19.2. The second-order valence-electron chi connectivity index (χ2n) is 7.06. The van der Waals surface area contributed by atoms with Crippen LogP contribution in [0.2, 0.25) is 0 Å². The third kappa shape index (κ3) is 3.62. The molecule has 0 aliphatic carbocycles. The van der Waals surface area contributed by atoms with Crippen molar-refractivity contribution in [2.45, 2.75) is 38.5 Å². The summed E-state index contributed by atoms with van der Waals surface area (Å²) in [5.74, 6) is 0.521. The molecule has 2 heterocycles. The highest BCUT2D eigenvalue weighted by molar-refractivity contribution is 5.82. The lowest BCUT2D eigenvalue weighted by Crippen LogP contribution is -2.49. The maximum Gasteiger partial charge on any atom is 0.320 e. The zero-order valence-electron chi connectivity index (χ0n) is 16.0. The average molecular weight is 401 g/mol. The van der Waals surface area contributed by atoms with Gasteiger partial charge in [0.2, 0.25) is 6.10 Å². The summed E-state index contributed by atoms with van der Waals surface area (Å²) in [5.41, 5.74) is 0.861. The van der Waals surface area contributed by atoms with Crippen molar-refractivity contribution < 1.29 is 23.0 Å². The number of alkyl halides is 2. The Bertz CT molecular complexity index is 1040. The predicted molar refractivity (Wildman–Crippen MR) is 103 cm³/mol. The normalized spacial score (nSPS) is 19.3. The van der Waals surface area contributed by atoms with Gasteiger partial charge in [-0.25, -0.2) is 4.98 Å². The lowest BCUT2D eigenvalue weighted by molar-refractivity contribution is -0.133. The molecule has 4 rings (SSSR count). The van der Waals surface area contributed by atoms with Crippen molar-refractivity contribution in [2.24, 2.45) is 0 Å². The minimum atomic E-state index is -2.72. The molecule has 152 valence electrons. The van der Waals surface area contributed by atoms with Crippen molar-refractivity contribution in [3.63, 3.8) is 0 Å². The minimum absolute atomic E-state index is 0.142. The molecule has 3 atom stereocenters. The maximum absolute atomic E-state index is 13.6. The van der Waals surface area contributed by atoms with Crippen LogP contribution >= 0.6 is 0 Å².